The zero-order chi connectivity index (χ0) is 20.2. The molecule has 0 aliphatic carbocycles. The van der Waals surface area contributed by atoms with E-state index in [1.165, 1.54) is 11.6 Å². The molecule has 0 radical (unpaired) electrons. The Hall–Kier alpha value is -2.40. The van der Waals surface area contributed by atoms with Gasteiger partial charge >= 0.3 is 0 Å². The molecule has 2 fully saturated rings. The molecular formula is C24H29FN4. The van der Waals surface area contributed by atoms with E-state index in [-0.39, 0.29) is 11.4 Å². The van der Waals surface area contributed by atoms with Gasteiger partial charge in [-0.15, -0.1) is 0 Å². The monoisotopic (exact) mass is 392 g/mol. The summed E-state index contributed by atoms with van der Waals surface area (Å²) in [6.07, 6.45) is 2.24. The third-order valence-electron chi connectivity index (χ3n) is 6.85. The van der Waals surface area contributed by atoms with Crippen LogP contribution >= 0.6 is 0 Å². The Morgan fingerprint density at radius 2 is 1.97 bits per heavy atom. The molecule has 3 heterocycles. The quantitative estimate of drug-likeness (QED) is 0.651. The maximum Gasteiger partial charge on any atom is 0.125 e. The van der Waals surface area contributed by atoms with Crippen LogP contribution in [0, 0.1) is 11.7 Å². The Bertz CT molecular complexity index is 1040. The molecule has 0 bridgehead atoms. The van der Waals surface area contributed by atoms with Crippen LogP contribution in [-0.2, 0) is 13.6 Å². The highest BCUT2D eigenvalue weighted by Gasteiger charge is 2.48. The standard InChI is InChI=1S/C24H29FN4/c1-24(2)14-17-15-28(16-23-26-20-9-4-5-10-22(20)27(23)3)12-11-21(17)29(24)19-8-6-7-18(25)13-19/h4-10,13,17,21H,11-12,14-16H2,1-3H3/t17-,21+/m1/s1. The molecule has 2 saturated heterocycles. The average molecular weight is 393 g/mol. The van der Waals surface area contributed by atoms with Gasteiger partial charge in [-0.3, -0.25) is 4.90 Å². The van der Waals surface area contributed by atoms with Crippen molar-refractivity contribution in [2.45, 2.75) is 44.8 Å². The molecule has 3 aromatic rings. The topological polar surface area (TPSA) is 24.3 Å². The molecule has 5 heteroatoms. The number of nitrogens with zero attached hydrogens (tertiary/aromatic N) is 4. The van der Waals surface area contributed by atoms with Gasteiger partial charge < -0.3 is 9.47 Å². The van der Waals surface area contributed by atoms with Crippen LogP contribution in [0.4, 0.5) is 10.1 Å². The number of hydrogen-bond acceptors (Lipinski definition) is 3. The Balaban J connectivity index is 1.36. The average Bonchev–Trinajstić information content (AvgIpc) is 3.14. The summed E-state index contributed by atoms with van der Waals surface area (Å²) < 4.78 is 16.1. The minimum Gasteiger partial charge on any atom is -0.363 e. The first-order valence-corrected chi connectivity index (χ1v) is 10.6. The van der Waals surface area contributed by atoms with Crippen molar-refractivity contribution in [2.24, 2.45) is 13.0 Å². The molecule has 2 atom stereocenters. The third-order valence-corrected chi connectivity index (χ3v) is 6.85. The summed E-state index contributed by atoms with van der Waals surface area (Å²) in [7, 11) is 2.11. The van der Waals surface area contributed by atoms with Gasteiger partial charge in [0.25, 0.3) is 0 Å². The van der Waals surface area contributed by atoms with Crippen LogP contribution in [0.15, 0.2) is 48.5 Å². The predicted octanol–water partition coefficient (Wildman–Crippen LogP) is 4.59. The third kappa shape index (κ3) is 3.21. The molecule has 2 aliphatic rings. The maximum absolute atomic E-state index is 13.9. The molecule has 0 amide bonds. The van der Waals surface area contributed by atoms with E-state index in [0.29, 0.717) is 12.0 Å². The molecule has 29 heavy (non-hydrogen) atoms. The second kappa shape index (κ2) is 6.84. The Morgan fingerprint density at radius 3 is 2.76 bits per heavy atom. The van der Waals surface area contributed by atoms with E-state index in [1.54, 1.807) is 6.07 Å². The summed E-state index contributed by atoms with van der Waals surface area (Å²) in [5.41, 5.74) is 3.32. The first-order valence-electron chi connectivity index (χ1n) is 10.6. The predicted molar refractivity (Wildman–Crippen MR) is 115 cm³/mol. The van der Waals surface area contributed by atoms with Crippen molar-refractivity contribution in [2.75, 3.05) is 18.0 Å². The van der Waals surface area contributed by atoms with Gasteiger partial charge in [-0.2, -0.15) is 0 Å². The fourth-order valence-corrected chi connectivity index (χ4v) is 5.67. The van der Waals surface area contributed by atoms with Gasteiger partial charge in [0.05, 0.1) is 17.6 Å². The number of aryl methyl sites for hydroxylation is 1. The smallest absolute Gasteiger partial charge is 0.125 e. The lowest BCUT2D eigenvalue weighted by molar-refractivity contribution is 0.157. The number of aromatic nitrogens is 2. The van der Waals surface area contributed by atoms with Gasteiger partial charge in [-0.05, 0) is 62.9 Å². The van der Waals surface area contributed by atoms with Gasteiger partial charge in [-0.1, -0.05) is 18.2 Å². The Morgan fingerprint density at radius 1 is 1.14 bits per heavy atom. The summed E-state index contributed by atoms with van der Waals surface area (Å²) >= 11 is 0. The highest BCUT2D eigenvalue weighted by atomic mass is 19.1. The van der Waals surface area contributed by atoms with Gasteiger partial charge in [0.2, 0.25) is 0 Å². The van der Waals surface area contributed by atoms with E-state index >= 15 is 0 Å². The molecule has 1 aromatic heterocycles. The van der Waals surface area contributed by atoms with Gasteiger partial charge in [0.1, 0.15) is 11.6 Å². The molecule has 2 aromatic carbocycles. The molecule has 5 rings (SSSR count). The van der Waals surface area contributed by atoms with Crippen molar-refractivity contribution in [1.82, 2.24) is 14.5 Å². The van der Waals surface area contributed by atoms with E-state index in [0.717, 1.165) is 49.5 Å². The van der Waals surface area contributed by atoms with Crippen molar-refractivity contribution in [3.63, 3.8) is 0 Å². The second-order valence-electron chi connectivity index (χ2n) is 9.29. The Kier molecular flexibility index (Phi) is 4.39. The summed E-state index contributed by atoms with van der Waals surface area (Å²) in [4.78, 5) is 9.89. The van der Waals surface area contributed by atoms with E-state index in [4.69, 9.17) is 4.98 Å². The van der Waals surface area contributed by atoms with Crippen LogP contribution in [0.25, 0.3) is 11.0 Å². The highest BCUT2D eigenvalue weighted by Crippen LogP contribution is 2.44. The fourth-order valence-electron chi connectivity index (χ4n) is 5.67. The molecule has 152 valence electrons. The summed E-state index contributed by atoms with van der Waals surface area (Å²) in [5, 5.41) is 0. The van der Waals surface area contributed by atoms with Crippen LogP contribution < -0.4 is 4.90 Å². The van der Waals surface area contributed by atoms with Crippen molar-refractivity contribution in [1.29, 1.82) is 0 Å². The number of fused-ring (bicyclic) bond motifs is 2. The van der Waals surface area contributed by atoms with E-state index < -0.39 is 0 Å². The molecule has 4 nitrogen and oxygen atoms in total. The summed E-state index contributed by atoms with van der Waals surface area (Å²) in [6.45, 7) is 7.60. The number of hydrogen-bond donors (Lipinski definition) is 0. The number of benzene rings is 2. The van der Waals surface area contributed by atoms with Gasteiger partial charge in [0.15, 0.2) is 0 Å². The van der Waals surface area contributed by atoms with Crippen molar-refractivity contribution in [3.8, 4) is 0 Å². The Labute approximate surface area is 171 Å². The zero-order valence-corrected chi connectivity index (χ0v) is 17.5. The number of anilines is 1. The minimum absolute atomic E-state index is 0.0387. The van der Waals surface area contributed by atoms with E-state index in [2.05, 4.69) is 59.5 Å². The molecule has 0 saturated carbocycles. The van der Waals surface area contributed by atoms with Crippen LogP contribution in [-0.4, -0.2) is 39.1 Å². The van der Waals surface area contributed by atoms with E-state index in [1.807, 2.05) is 12.1 Å². The summed E-state index contributed by atoms with van der Waals surface area (Å²) in [5.74, 6) is 1.57. The maximum atomic E-state index is 13.9. The zero-order valence-electron chi connectivity index (χ0n) is 17.5. The fraction of sp³-hybridized carbons (Fsp3) is 0.458. The largest absolute Gasteiger partial charge is 0.363 e. The molecule has 0 spiro atoms. The number of imidazole rings is 1. The summed E-state index contributed by atoms with van der Waals surface area (Å²) in [6, 6.07) is 15.9. The van der Waals surface area contributed by atoms with Crippen LogP contribution in [0.5, 0.6) is 0 Å². The highest BCUT2D eigenvalue weighted by molar-refractivity contribution is 5.75. The molecular weight excluding hydrogens is 363 g/mol. The van der Waals surface area contributed by atoms with Crippen LogP contribution in [0.3, 0.4) is 0 Å². The lowest BCUT2D eigenvalue weighted by Gasteiger charge is -2.41. The van der Waals surface area contributed by atoms with Crippen molar-refractivity contribution < 1.29 is 4.39 Å². The lowest BCUT2D eigenvalue weighted by atomic mass is 9.90. The number of para-hydroxylation sites is 2. The molecule has 0 unspecified atom stereocenters. The lowest BCUT2D eigenvalue weighted by Crippen LogP contribution is -2.49. The second-order valence-corrected chi connectivity index (χ2v) is 9.29. The first-order chi connectivity index (χ1) is 13.9. The number of halogens is 1. The van der Waals surface area contributed by atoms with Gasteiger partial charge in [-0.25, -0.2) is 9.37 Å². The van der Waals surface area contributed by atoms with Crippen molar-refractivity contribution >= 4 is 16.7 Å². The van der Waals surface area contributed by atoms with Crippen LogP contribution in [0.1, 0.15) is 32.5 Å². The minimum atomic E-state index is -0.152. The first kappa shape index (κ1) is 18.6. The van der Waals surface area contributed by atoms with Gasteiger partial charge in [0, 0.05) is 37.4 Å². The SMILES string of the molecule is Cn1c(CN2CC[C@H]3[C@@H](C2)CC(C)(C)N3c2cccc(F)c2)nc2ccccc21. The van der Waals surface area contributed by atoms with Crippen LogP contribution in [0.2, 0.25) is 0 Å². The van der Waals surface area contributed by atoms with E-state index in [9.17, 15) is 4.39 Å². The number of likely N-dealkylation sites (tertiary alicyclic amines) is 1. The molecule has 2 aliphatic heterocycles. The molecule has 0 N–H and O–H groups in total. The van der Waals surface area contributed by atoms with Crippen molar-refractivity contribution in [3.05, 3.63) is 60.2 Å². The number of piperidine rings is 1. The normalized spacial score (nSPS) is 24.2. The number of rotatable bonds is 3.